The second-order valence-electron chi connectivity index (χ2n) is 5.65. The number of Topliss-reactive ketones (excluding diaryl/α,β-unsaturated/α-hetero) is 1. The molecule has 0 aliphatic carbocycles. The molecule has 4 atom stereocenters. The van der Waals surface area contributed by atoms with Crippen LogP contribution in [0, 0.1) is 11.8 Å². The lowest BCUT2D eigenvalue weighted by atomic mass is 9.83. The Labute approximate surface area is 119 Å². The van der Waals surface area contributed by atoms with Crippen molar-refractivity contribution in [1.29, 1.82) is 0 Å². The quantitative estimate of drug-likeness (QED) is 0.779. The molecule has 0 spiro atoms. The standard InChI is InChI=1S/C16H20O4/c1-9-10(2)20-11(3)15(9)16(17)12-4-5-13-14(8-12)19-7-6-18-13/h4-5,8-11,15H,6-7H2,1-3H3. The molecule has 1 saturated heterocycles. The van der Waals surface area contributed by atoms with E-state index in [0.29, 0.717) is 30.3 Å². The SMILES string of the molecule is CC1OC(C)C(C(=O)c2ccc3c(c2)OCCO3)C1C. The topological polar surface area (TPSA) is 44.8 Å². The van der Waals surface area contributed by atoms with Crippen molar-refractivity contribution >= 4 is 5.78 Å². The number of benzene rings is 1. The number of carbonyl (C=O) groups is 1. The summed E-state index contributed by atoms with van der Waals surface area (Å²) in [6.07, 6.45) is 0.0804. The summed E-state index contributed by atoms with van der Waals surface area (Å²) in [7, 11) is 0. The van der Waals surface area contributed by atoms with Gasteiger partial charge in [-0.25, -0.2) is 0 Å². The minimum atomic E-state index is -0.0902. The zero-order chi connectivity index (χ0) is 14.3. The molecule has 108 valence electrons. The van der Waals surface area contributed by atoms with E-state index in [1.807, 2.05) is 26.0 Å². The van der Waals surface area contributed by atoms with Gasteiger partial charge in [-0.15, -0.1) is 0 Å². The highest BCUT2D eigenvalue weighted by Gasteiger charge is 2.41. The van der Waals surface area contributed by atoms with Gasteiger partial charge in [0.05, 0.1) is 18.1 Å². The van der Waals surface area contributed by atoms with E-state index in [-0.39, 0.29) is 29.8 Å². The Morgan fingerprint density at radius 1 is 1.05 bits per heavy atom. The smallest absolute Gasteiger partial charge is 0.169 e. The average molecular weight is 276 g/mol. The van der Waals surface area contributed by atoms with Crippen LogP contribution >= 0.6 is 0 Å². The van der Waals surface area contributed by atoms with Crippen molar-refractivity contribution in [1.82, 2.24) is 0 Å². The molecule has 2 heterocycles. The second kappa shape index (κ2) is 5.09. The zero-order valence-electron chi connectivity index (χ0n) is 12.1. The molecule has 0 N–H and O–H groups in total. The molecule has 0 amide bonds. The highest BCUT2D eigenvalue weighted by molar-refractivity contribution is 5.99. The lowest BCUT2D eigenvalue weighted by molar-refractivity contribution is 0.0491. The third-order valence-electron chi connectivity index (χ3n) is 4.37. The van der Waals surface area contributed by atoms with Crippen LogP contribution in [-0.2, 0) is 4.74 Å². The average Bonchev–Trinajstić information content (AvgIpc) is 2.71. The van der Waals surface area contributed by atoms with E-state index in [4.69, 9.17) is 14.2 Å². The van der Waals surface area contributed by atoms with Gasteiger partial charge in [0.25, 0.3) is 0 Å². The Bertz CT molecular complexity index is 525. The summed E-state index contributed by atoms with van der Waals surface area (Å²) in [5.74, 6) is 1.64. The normalized spacial score (nSPS) is 32.1. The van der Waals surface area contributed by atoms with Gasteiger partial charge >= 0.3 is 0 Å². The van der Waals surface area contributed by atoms with Gasteiger partial charge < -0.3 is 14.2 Å². The van der Waals surface area contributed by atoms with E-state index in [1.54, 1.807) is 6.07 Å². The molecule has 4 unspecified atom stereocenters. The Balaban J connectivity index is 1.87. The molecular formula is C16H20O4. The summed E-state index contributed by atoms with van der Waals surface area (Å²) in [4.78, 5) is 12.7. The fourth-order valence-corrected chi connectivity index (χ4v) is 3.11. The number of carbonyl (C=O) groups excluding carboxylic acids is 1. The van der Waals surface area contributed by atoms with Crippen LogP contribution < -0.4 is 9.47 Å². The van der Waals surface area contributed by atoms with Crippen molar-refractivity contribution in [2.45, 2.75) is 33.0 Å². The molecule has 4 heteroatoms. The lowest BCUT2D eigenvalue weighted by Gasteiger charge is -2.21. The Morgan fingerprint density at radius 2 is 1.75 bits per heavy atom. The molecular weight excluding hydrogens is 256 g/mol. The molecule has 20 heavy (non-hydrogen) atoms. The fraction of sp³-hybridized carbons (Fsp3) is 0.562. The van der Waals surface area contributed by atoms with Crippen LogP contribution in [0.4, 0.5) is 0 Å². The van der Waals surface area contributed by atoms with Gasteiger partial charge in [0, 0.05) is 5.56 Å². The minimum Gasteiger partial charge on any atom is -0.486 e. The zero-order valence-corrected chi connectivity index (χ0v) is 12.1. The van der Waals surface area contributed by atoms with Crippen LogP contribution in [0.15, 0.2) is 18.2 Å². The summed E-state index contributed by atoms with van der Waals surface area (Å²) in [5.41, 5.74) is 0.677. The molecule has 0 saturated carbocycles. The molecule has 0 bridgehead atoms. The van der Waals surface area contributed by atoms with Crippen LogP contribution in [0.2, 0.25) is 0 Å². The van der Waals surface area contributed by atoms with Crippen LogP contribution in [0.5, 0.6) is 11.5 Å². The number of ketones is 1. The lowest BCUT2D eigenvalue weighted by Crippen LogP contribution is -2.27. The monoisotopic (exact) mass is 276 g/mol. The number of fused-ring (bicyclic) bond motifs is 1. The molecule has 1 fully saturated rings. The molecule has 2 aliphatic heterocycles. The summed E-state index contributed by atoms with van der Waals surface area (Å²) in [6.45, 7) is 7.16. The van der Waals surface area contributed by atoms with Crippen LogP contribution in [0.25, 0.3) is 0 Å². The Hall–Kier alpha value is -1.55. The third-order valence-corrected chi connectivity index (χ3v) is 4.37. The number of rotatable bonds is 2. The number of ether oxygens (including phenoxy) is 3. The molecule has 4 nitrogen and oxygen atoms in total. The Kier molecular flexibility index (Phi) is 3.42. The first-order chi connectivity index (χ1) is 9.58. The van der Waals surface area contributed by atoms with E-state index in [0.717, 1.165) is 0 Å². The predicted octanol–water partition coefficient (Wildman–Crippen LogP) is 2.70. The van der Waals surface area contributed by atoms with E-state index in [9.17, 15) is 4.79 Å². The molecule has 0 aromatic heterocycles. The maximum absolute atomic E-state index is 12.7. The van der Waals surface area contributed by atoms with Crippen molar-refractivity contribution in [3.8, 4) is 11.5 Å². The van der Waals surface area contributed by atoms with E-state index >= 15 is 0 Å². The first-order valence-corrected chi connectivity index (χ1v) is 7.17. The van der Waals surface area contributed by atoms with E-state index in [2.05, 4.69) is 6.92 Å². The predicted molar refractivity (Wildman–Crippen MR) is 74.4 cm³/mol. The summed E-state index contributed by atoms with van der Waals surface area (Å²) >= 11 is 0. The van der Waals surface area contributed by atoms with E-state index in [1.165, 1.54) is 0 Å². The summed E-state index contributed by atoms with van der Waals surface area (Å²) in [6, 6.07) is 5.42. The van der Waals surface area contributed by atoms with Crippen molar-refractivity contribution in [3.63, 3.8) is 0 Å². The van der Waals surface area contributed by atoms with Crippen LogP contribution in [0.3, 0.4) is 0 Å². The first-order valence-electron chi connectivity index (χ1n) is 7.17. The Morgan fingerprint density at radius 3 is 2.40 bits per heavy atom. The van der Waals surface area contributed by atoms with Gasteiger partial charge in [-0.3, -0.25) is 4.79 Å². The largest absolute Gasteiger partial charge is 0.486 e. The van der Waals surface area contributed by atoms with Gasteiger partial charge in [0.2, 0.25) is 0 Å². The maximum Gasteiger partial charge on any atom is 0.169 e. The highest BCUT2D eigenvalue weighted by Crippen LogP contribution is 2.37. The first kappa shape index (κ1) is 13.4. The molecule has 1 aromatic carbocycles. The van der Waals surface area contributed by atoms with Gasteiger partial charge in [-0.05, 0) is 38.0 Å². The van der Waals surface area contributed by atoms with Crippen LogP contribution in [-0.4, -0.2) is 31.2 Å². The summed E-state index contributed by atoms with van der Waals surface area (Å²) in [5, 5.41) is 0. The second-order valence-corrected chi connectivity index (χ2v) is 5.65. The molecule has 0 radical (unpaired) electrons. The molecule has 3 rings (SSSR count). The van der Waals surface area contributed by atoms with Crippen molar-refractivity contribution < 1.29 is 19.0 Å². The van der Waals surface area contributed by atoms with Gasteiger partial charge in [0.1, 0.15) is 13.2 Å². The van der Waals surface area contributed by atoms with Crippen molar-refractivity contribution in [2.75, 3.05) is 13.2 Å². The van der Waals surface area contributed by atoms with E-state index < -0.39 is 0 Å². The van der Waals surface area contributed by atoms with Crippen molar-refractivity contribution in [3.05, 3.63) is 23.8 Å². The number of hydrogen-bond donors (Lipinski definition) is 0. The third kappa shape index (κ3) is 2.18. The fourth-order valence-electron chi connectivity index (χ4n) is 3.11. The minimum absolute atomic E-state index is 0.0410. The maximum atomic E-state index is 12.7. The molecule has 1 aromatic rings. The van der Waals surface area contributed by atoms with Crippen LogP contribution in [0.1, 0.15) is 31.1 Å². The van der Waals surface area contributed by atoms with Gasteiger partial charge in [0.15, 0.2) is 17.3 Å². The molecule has 2 aliphatic rings. The number of hydrogen-bond acceptors (Lipinski definition) is 4. The highest BCUT2D eigenvalue weighted by atomic mass is 16.6. The van der Waals surface area contributed by atoms with Crippen molar-refractivity contribution in [2.24, 2.45) is 11.8 Å². The summed E-state index contributed by atoms with van der Waals surface area (Å²) < 4.78 is 16.8. The van der Waals surface area contributed by atoms with Gasteiger partial charge in [-0.1, -0.05) is 6.92 Å². The van der Waals surface area contributed by atoms with Gasteiger partial charge in [-0.2, -0.15) is 0 Å².